The largest absolute Gasteiger partial charge is 0.467 e. The summed E-state index contributed by atoms with van der Waals surface area (Å²) < 4.78 is 85.2. The molecule has 0 saturated heterocycles. The SMILES string of the molecule is CN(Cc1ccco1)C(=O)c1cnn(-c2cccc(C(F)(F)F)c2)c1C(F)(F)F. The Hall–Kier alpha value is -3.24. The van der Waals surface area contributed by atoms with Crippen molar-refractivity contribution in [3.63, 3.8) is 0 Å². The highest BCUT2D eigenvalue weighted by Gasteiger charge is 2.41. The summed E-state index contributed by atoms with van der Waals surface area (Å²) in [5.74, 6) is -0.661. The van der Waals surface area contributed by atoms with E-state index in [1.165, 1.54) is 13.3 Å². The van der Waals surface area contributed by atoms with Gasteiger partial charge in [-0.2, -0.15) is 31.4 Å². The van der Waals surface area contributed by atoms with E-state index in [9.17, 15) is 31.1 Å². The highest BCUT2D eigenvalue weighted by atomic mass is 19.4. The van der Waals surface area contributed by atoms with Crippen LogP contribution in [0.25, 0.3) is 5.69 Å². The highest BCUT2D eigenvalue weighted by molar-refractivity contribution is 5.95. The second-order valence-electron chi connectivity index (χ2n) is 6.11. The van der Waals surface area contributed by atoms with Gasteiger partial charge >= 0.3 is 12.4 Å². The van der Waals surface area contributed by atoms with Crippen LogP contribution in [0.3, 0.4) is 0 Å². The van der Waals surface area contributed by atoms with Gasteiger partial charge in [0.05, 0.1) is 35.8 Å². The summed E-state index contributed by atoms with van der Waals surface area (Å²) in [5.41, 5.74) is -3.86. The van der Waals surface area contributed by atoms with Gasteiger partial charge in [-0.25, -0.2) is 4.68 Å². The van der Waals surface area contributed by atoms with Crippen LogP contribution in [0, 0.1) is 0 Å². The molecule has 0 spiro atoms. The number of rotatable bonds is 4. The molecule has 0 aliphatic heterocycles. The molecular weight excluding hydrogens is 404 g/mol. The summed E-state index contributed by atoms with van der Waals surface area (Å²) in [6.07, 6.45) is -7.75. The smallest absolute Gasteiger partial charge is 0.434 e. The van der Waals surface area contributed by atoms with Crippen molar-refractivity contribution in [3.05, 3.63) is 71.4 Å². The summed E-state index contributed by atoms with van der Waals surface area (Å²) in [6, 6.07) is 6.36. The molecule has 0 unspecified atom stereocenters. The Balaban J connectivity index is 2.03. The Morgan fingerprint density at radius 2 is 1.83 bits per heavy atom. The second-order valence-corrected chi connectivity index (χ2v) is 6.11. The van der Waals surface area contributed by atoms with Crippen LogP contribution in [0.5, 0.6) is 0 Å². The lowest BCUT2D eigenvalue weighted by Gasteiger charge is -2.18. The van der Waals surface area contributed by atoms with Gasteiger partial charge in [-0.15, -0.1) is 0 Å². The van der Waals surface area contributed by atoms with Gasteiger partial charge < -0.3 is 9.32 Å². The lowest BCUT2D eigenvalue weighted by atomic mass is 10.1. The molecule has 3 rings (SSSR count). The minimum atomic E-state index is -5.04. The summed E-state index contributed by atoms with van der Waals surface area (Å²) in [4.78, 5) is 13.5. The predicted octanol–water partition coefficient (Wildman–Crippen LogP) is 4.78. The number of nitrogens with zero attached hydrogens (tertiary/aromatic N) is 3. The fourth-order valence-electron chi connectivity index (χ4n) is 2.70. The maximum atomic E-state index is 13.7. The van der Waals surface area contributed by atoms with Gasteiger partial charge in [0, 0.05) is 7.05 Å². The summed E-state index contributed by atoms with van der Waals surface area (Å²) in [5, 5.41) is 3.53. The van der Waals surface area contributed by atoms with Crippen LogP contribution in [0.4, 0.5) is 26.3 Å². The number of hydrogen-bond donors (Lipinski definition) is 0. The fraction of sp³-hybridized carbons (Fsp3) is 0.222. The van der Waals surface area contributed by atoms with Crippen molar-refractivity contribution in [2.45, 2.75) is 18.9 Å². The molecule has 11 heteroatoms. The van der Waals surface area contributed by atoms with Gasteiger partial charge in [0.25, 0.3) is 5.91 Å². The van der Waals surface area contributed by atoms with Crippen LogP contribution in [0.15, 0.2) is 53.3 Å². The Labute approximate surface area is 160 Å². The number of benzene rings is 1. The molecular formula is C18H13F6N3O2. The molecule has 29 heavy (non-hydrogen) atoms. The van der Waals surface area contributed by atoms with Gasteiger partial charge in [0.1, 0.15) is 5.76 Å². The minimum absolute atomic E-state index is 0.0993. The molecule has 3 aromatic rings. The Kier molecular flexibility index (Phi) is 5.16. The van der Waals surface area contributed by atoms with Crippen molar-refractivity contribution in [3.8, 4) is 5.69 Å². The number of alkyl halides is 6. The van der Waals surface area contributed by atoms with E-state index in [2.05, 4.69) is 5.10 Å². The molecule has 0 saturated carbocycles. The van der Waals surface area contributed by atoms with Gasteiger partial charge in [0.2, 0.25) is 0 Å². The molecule has 5 nitrogen and oxygen atoms in total. The van der Waals surface area contributed by atoms with Crippen LogP contribution in [-0.2, 0) is 18.9 Å². The van der Waals surface area contributed by atoms with Gasteiger partial charge in [0.15, 0.2) is 5.69 Å². The highest BCUT2D eigenvalue weighted by Crippen LogP contribution is 2.36. The average Bonchev–Trinajstić information content (AvgIpc) is 3.29. The Morgan fingerprint density at radius 1 is 1.10 bits per heavy atom. The summed E-state index contributed by atoms with van der Waals surface area (Å²) in [6.45, 7) is -0.0993. The van der Waals surface area contributed by atoms with Gasteiger partial charge in [-0.3, -0.25) is 4.79 Å². The van der Waals surface area contributed by atoms with Crippen molar-refractivity contribution in [2.75, 3.05) is 7.05 Å². The molecule has 0 atom stereocenters. The zero-order chi connectivity index (χ0) is 21.4. The molecule has 0 aliphatic carbocycles. The monoisotopic (exact) mass is 417 g/mol. The van der Waals surface area contributed by atoms with Crippen LogP contribution < -0.4 is 0 Å². The maximum Gasteiger partial charge on any atom is 0.434 e. The van der Waals surface area contributed by atoms with Crippen LogP contribution >= 0.6 is 0 Å². The van der Waals surface area contributed by atoms with Gasteiger partial charge in [-0.1, -0.05) is 6.07 Å². The normalized spacial score (nSPS) is 12.2. The third kappa shape index (κ3) is 4.28. The number of halogens is 6. The van der Waals surface area contributed by atoms with Crippen LogP contribution in [0.1, 0.15) is 27.4 Å². The van der Waals surface area contributed by atoms with E-state index >= 15 is 0 Å². The zero-order valence-corrected chi connectivity index (χ0v) is 14.8. The second kappa shape index (κ2) is 7.30. The van der Waals surface area contributed by atoms with E-state index in [-0.39, 0.29) is 11.2 Å². The van der Waals surface area contributed by atoms with E-state index in [0.29, 0.717) is 18.0 Å². The van der Waals surface area contributed by atoms with Crippen molar-refractivity contribution >= 4 is 5.91 Å². The third-order valence-corrected chi connectivity index (χ3v) is 4.01. The van der Waals surface area contributed by atoms with Crippen LogP contribution in [-0.4, -0.2) is 27.6 Å². The number of hydrogen-bond acceptors (Lipinski definition) is 3. The molecule has 0 radical (unpaired) electrons. The molecule has 0 fully saturated rings. The number of carbonyl (C=O) groups excluding carboxylic acids is 1. The van der Waals surface area contributed by atoms with E-state index in [1.807, 2.05) is 0 Å². The summed E-state index contributed by atoms with van der Waals surface area (Å²) in [7, 11) is 1.27. The maximum absolute atomic E-state index is 13.7. The molecule has 2 aromatic heterocycles. The first-order chi connectivity index (χ1) is 13.5. The first-order valence-electron chi connectivity index (χ1n) is 8.09. The molecule has 1 aromatic carbocycles. The van der Waals surface area contributed by atoms with Gasteiger partial charge in [-0.05, 0) is 30.3 Å². The molecule has 154 valence electrons. The molecule has 2 heterocycles. The van der Waals surface area contributed by atoms with Crippen molar-refractivity contribution in [2.24, 2.45) is 0 Å². The minimum Gasteiger partial charge on any atom is -0.467 e. The molecule has 1 amide bonds. The Morgan fingerprint density at radius 3 is 2.41 bits per heavy atom. The van der Waals surface area contributed by atoms with E-state index in [0.717, 1.165) is 23.1 Å². The van der Waals surface area contributed by atoms with Crippen molar-refractivity contribution < 1.29 is 35.6 Å². The third-order valence-electron chi connectivity index (χ3n) is 4.01. The Bertz CT molecular complexity index is 1010. The van der Waals surface area contributed by atoms with Crippen LogP contribution in [0.2, 0.25) is 0 Å². The standard InChI is InChI=1S/C18H13F6N3O2/c1-26(10-13-6-3-7-29-13)16(28)14-9-25-27(15(14)18(22,23)24)12-5-2-4-11(8-12)17(19,20)21/h2-9H,10H2,1H3. The number of furan rings is 1. The number of carbonyl (C=O) groups is 1. The lowest BCUT2D eigenvalue weighted by molar-refractivity contribution is -0.143. The van der Waals surface area contributed by atoms with Crippen molar-refractivity contribution in [1.82, 2.24) is 14.7 Å². The van der Waals surface area contributed by atoms with E-state index < -0.39 is 40.8 Å². The zero-order valence-electron chi connectivity index (χ0n) is 14.8. The average molecular weight is 417 g/mol. The molecule has 0 N–H and O–H groups in total. The number of amides is 1. The first kappa shape index (κ1) is 20.5. The fourth-order valence-corrected chi connectivity index (χ4v) is 2.70. The van der Waals surface area contributed by atoms with E-state index in [4.69, 9.17) is 4.42 Å². The first-order valence-corrected chi connectivity index (χ1v) is 8.09. The van der Waals surface area contributed by atoms with Crippen molar-refractivity contribution in [1.29, 1.82) is 0 Å². The number of aromatic nitrogens is 2. The lowest BCUT2D eigenvalue weighted by Crippen LogP contribution is -2.28. The molecule has 0 aliphatic rings. The topological polar surface area (TPSA) is 51.3 Å². The van der Waals surface area contributed by atoms with E-state index in [1.54, 1.807) is 12.1 Å². The quantitative estimate of drug-likeness (QED) is 0.575. The summed E-state index contributed by atoms with van der Waals surface area (Å²) >= 11 is 0. The predicted molar refractivity (Wildman–Crippen MR) is 88.1 cm³/mol. The molecule has 0 bridgehead atoms.